The third kappa shape index (κ3) is 3.83. The monoisotopic (exact) mass is 448 g/mol. The zero-order valence-electron chi connectivity index (χ0n) is 14.7. The van der Waals surface area contributed by atoms with Gasteiger partial charge in [-0.05, 0) is 48.0 Å². The number of ketones is 1. The molecule has 0 unspecified atom stereocenters. The Hall–Kier alpha value is -2.54. The van der Waals surface area contributed by atoms with Gasteiger partial charge in [0, 0.05) is 22.4 Å². The summed E-state index contributed by atoms with van der Waals surface area (Å²) < 4.78 is 26.5. The number of Topliss-reactive ketones (excluding diaryl/α,β-unsaturated/α-hetero) is 1. The minimum Gasteiger partial charge on any atom is -0.397 e. The molecule has 0 aliphatic carbocycles. The summed E-state index contributed by atoms with van der Waals surface area (Å²) in [6.45, 7) is 0. The molecule has 29 heavy (non-hydrogen) atoms. The van der Waals surface area contributed by atoms with Gasteiger partial charge in [0.1, 0.15) is 4.83 Å². The smallest absolute Gasteiger partial charge is 0.179 e. The number of nitrogens with zero attached hydrogens (tertiary/aromatic N) is 1. The lowest BCUT2D eigenvalue weighted by atomic mass is 10.1. The first-order valence-corrected chi connectivity index (χ1v) is 10.0. The van der Waals surface area contributed by atoms with E-state index in [2.05, 4.69) is 4.98 Å². The lowest BCUT2D eigenvalue weighted by Gasteiger charge is -2.04. The van der Waals surface area contributed by atoms with Crippen molar-refractivity contribution >= 4 is 56.2 Å². The Morgan fingerprint density at radius 3 is 2.59 bits per heavy atom. The third-order valence-corrected chi connectivity index (χ3v) is 6.12. The highest BCUT2D eigenvalue weighted by molar-refractivity contribution is 7.21. The predicted molar refractivity (Wildman–Crippen MR) is 114 cm³/mol. The van der Waals surface area contributed by atoms with Crippen molar-refractivity contribution < 1.29 is 13.6 Å². The number of carbonyl (C=O) groups is 1. The van der Waals surface area contributed by atoms with E-state index in [-0.39, 0.29) is 12.2 Å². The van der Waals surface area contributed by atoms with Crippen LogP contribution in [0.15, 0.2) is 48.5 Å². The molecule has 0 spiro atoms. The Kier molecular flexibility index (Phi) is 5.25. The molecule has 0 fully saturated rings. The van der Waals surface area contributed by atoms with E-state index in [0.717, 1.165) is 23.5 Å². The molecule has 2 aromatic heterocycles. The molecule has 8 heteroatoms. The van der Waals surface area contributed by atoms with Gasteiger partial charge in [-0.2, -0.15) is 0 Å². The number of aromatic nitrogens is 1. The number of fused-ring (bicyclic) bond motifs is 1. The largest absolute Gasteiger partial charge is 0.397 e. The summed E-state index contributed by atoms with van der Waals surface area (Å²) in [5, 5.41) is 1.67. The Balaban J connectivity index is 1.70. The van der Waals surface area contributed by atoms with Crippen LogP contribution in [0, 0.1) is 11.6 Å². The van der Waals surface area contributed by atoms with Crippen LogP contribution in [-0.2, 0) is 6.42 Å². The predicted octanol–water partition coefficient (Wildman–Crippen LogP) is 6.56. The maximum atomic E-state index is 13.4. The summed E-state index contributed by atoms with van der Waals surface area (Å²) >= 11 is 13.5. The molecule has 4 aromatic rings. The molecule has 0 amide bonds. The van der Waals surface area contributed by atoms with Crippen LogP contribution in [0.1, 0.15) is 15.2 Å². The minimum absolute atomic E-state index is 0.0960. The van der Waals surface area contributed by atoms with Crippen molar-refractivity contribution in [2.75, 3.05) is 5.73 Å². The number of nitrogen functional groups attached to an aromatic ring is 1. The molecule has 0 radical (unpaired) electrons. The molecule has 2 N–H and O–H groups in total. The number of anilines is 1. The number of thiophene rings is 1. The van der Waals surface area contributed by atoms with E-state index in [1.54, 1.807) is 30.3 Å². The standard InChI is InChI=1S/C21H12Cl2F2N2OS/c22-11-2-4-14(23)13(9-11)17-6-3-12-19(26)20(29-21(12)27-17)18(28)8-10-1-5-15(24)16(25)7-10/h1-7,9H,8,26H2. The van der Waals surface area contributed by atoms with Crippen molar-refractivity contribution in [1.82, 2.24) is 4.98 Å². The highest BCUT2D eigenvalue weighted by Crippen LogP contribution is 2.36. The van der Waals surface area contributed by atoms with Gasteiger partial charge in [-0.1, -0.05) is 29.3 Å². The molecular formula is C21H12Cl2F2N2OS. The van der Waals surface area contributed by atoms with E-state index in [4.69, 9.17) is 28.9 Å². The summed E-state index contributed by atoms with van der Waals surface area (Å²) in [5.41, 5.74) is 8.11. The topological polar surface area (TPSA) is 56.0 Å². The first-order valence-electron chi connectivity index (χ1n) is 8.45. The molecule has 2 aromatic carbocycles. The van der Waals surface area contributed by atoms with E-state index < -0.39 is 11.6 Å². The summed E-state index contributed by atoms with van der Waals surface area (Å²) in [6.07, 6.45) is -0.0960. The Bertz CT molecular complexity index is 1270. The van der Waals surface area contributed by atoms with Gasteiger partial charge in [-0.25, -0.2) is 13.8 Å². The molecule has 0 aliphatic heterocycles. The summed E-state index contributed by atoms with van der Waals surface area (Å²) in [5.74, 6) is -2.25. The third-order valence-electron chi connectivity index (χ3n) is 4.40. The van der Waals surface area contributed by atoms with Crippen molar-refractivity contribution in [3.63, 3.8) is 0 Å². The van der Waals surface area contributed by atoms with E-state index >= 15 is 0 Å². The van der Waals surface area contributed by atoms with Crippen LogP contribution >= 0.6 is 34.5 Å². The van der Waals surface area contributed by atoms with Gasteiger partial charge in [-0.15, -0.1) is 11.3 Å². The maximum absolute atomic E-state index is 13.4. The van der Waals surface area contributed by atoms with Gasteiger partial charge in [0.05, 0.1) is 21.3 Å². The Morgan fingerprint density at radius 2 is 1.83 bits per heavy atom. The highest BCUT2D eigenvalue weighted by Gasteiger charge is 2.19. The van der Waals surface area contributed by atoms with Crippen LogP contribution in [0.2, 0.25) is 10.0 Å². The van der Waals surface area contributed by atoms with E-state index in [1.165, 1.54) is 6.07 Å². The molecule has 2 heterocycles. The molecular weight excluding hydrogens is 437 g/mol. The van der Waals surface area contributed by atoms with Gasteiger partial charge in [0.2, 0.25) is 0 Å². The van der Waals surface area contributed by atoms with Crippen molar-refractivity contribution in [1.29, 1.82) is 0 Å². The zero-order chi connectivity index (χ0) is 20.7. The summed E-state index contributed by atoms with van der Waals surface area (Å²) in [7, 11) is 0. The summed E-state index contributed by atoms with van der Waals surface area (Å²) in [6, 6.07) is 12.0. The molecule has 4 rings (SSSR count). The fourth-order valence-corrected chi connectivity index (χ4v) is 4.38. The van der Waals surface area contributed by atoms with Crippen molar-refractivity contribution in [2.24, 2.45) is 0 Å². The lowest BCUT2D eigenvalue weighted by Crippen LogP contribution is -2.04. The van der Waals surface area contributed by atoms with E-state index in [0.29, 0.717) is 47.6 Å². The second kappa shape index (κ2) is 7.71. The number of nitrogens with two attached hydrogens (primary N) is 1. The van der Waals surface area contributed by atoms with Crippen molar-refractivity contribution in [2.45, 2.75) is 6.42 Å². The molecule has 146 valence electrons. The van der Waals surface area contributed by atoms with Crippen molar-refractivity contribution in [3.8, 4) is 11.3 Å². The number of benzene rings is 2. The molecule has 0 saturated carbocycles. The fraction of sp³-hybridized carbons (Fsp3) is 0.0476. The van der Waals surface area contributed by atoms with Gasteiger partial charge < -0.3 is 5.73 Å². The minimum atomic E-state index is -0.996. The number of rotatable bonds is 4. The highest BCUT2D eigenvalue weighted by atomic mass is 35.5. The van der Waals surface area contributed by atoms with Crippen LogP contribution in [0.5, 0.6) is 0 Å². The first kappa shape index (κ1) is 19.8. The molecule has 0 bridgehead atoms. The average Bonchev–Trinajstić information content (AvgIpc) is 3.03. The molecule has 0 aliphatic rings. The van der Waals surface area contributed by atoms with Crippen LogP contribution in [0.25, 0.3) is 21.5 Å². The Morgan fingerprint density at radius 1 is 1.03 bits per heavy atom. The lowest BCUT2D eigenvalue weighted by molar-refractivity contribution is 0.0997. The number of halogens is 4. The van der Waals surface area contributed by atoms with E-state index in [1.807, 2.05) is 0 Å². The van der Waals surface area contributed by atoms with Gasteiger partial charge in [0.25, 0.3) is 0 Å². The van der Waals surface area contributed by atoms with E-state index in [9.17, 15) is 13.6 Å². The van der Waals surface area contributed by atoms with Gasteiger partial charge in [0.15, 0.2) is 17.4 Å². The first-order chi connectivity index (χ1) is 13.8. The fourth-order valence-electron chi connectivity index (χ4n) is 2.96. The summed E-state index contributed by atoms with van der Waals surface area (Å²) in [4.78, 5) is 18.2. The second-order valence-corrected chi connectivity index (χ2v) is 8.21. The van der Waals surface area contributed by atoms with Crippen LogP contribution < -0.4 is 5.73 Å². The van der Waals surface area contributed by atoms with Crippen LogP contribution in [0.4, 0.5) is 14.5 Å². The number of pyridine rings is 1. The average molecular weight is 449 g/mol. The maximum Gasteiger partial charge on any atom is 0.179 e. The van der Waals surface area contributed by atoms with Crippen molar-refractivity contribution in [3.05, 3.63) is 80.7 Å². The Labute approximate surface area is 178 Å². The van der Waals surface area contributed by atoms with Crippen LogP contribution in [0.3, 0.4) is 0 Å². The van der Waals surface area contributed by atoms with Gasteiger partial charge >= 0.3 is 0 Å². The normalized spacial score (nSPS) is 11.2. The quantitative estimate of drug-likeness (QED) is 0.359. The van der Waals surface area contributed by atoms with Crippen LogP contribution in [-0.4, -0.2) is 10.8 Å². The number of carbonyl (C=O) groups excluding carboxylic acids is 1. The van der Waals surface area contributed by atoms with Gasteiger partial charge in [-0.3, -0.25) is 4.79 Å². The zero-order valence-corrected chi connectivity index (χ0v) is 17.0. The molecule has 0 saturated heterocycles. The number of hydrogen-bond acceptors (Lipinski definition) is 4. The molecule has 0 atom stereocenters. The SMILES string of the molecule is Nc1c(C(=O)Cc2ccc(F)c(F)c2)sc2nc(-c3cc(Cl)ccc3Cl)ccc12. The second-order valence-electron chi connectivity index (χ2n) is 6.37. The number of hydrogen-bond donors (Lipinski definition) is 1. The molecule has 3 nitrogen and oxygen atoms in total.